The quantitative estimate of drug-likeness (QED) is 0.754. The third kappa shape index (κ3) is 3.49. The first kappa shape index (κ1) is 17.9. The second-order valence-electron chi connectivity index (χ2n) is 6.81. The number of amides is 2. The van der Waals surface area contributed by atoms with Gasteiger partial charge in [0.05, 0.1) is 11.8 Å². The smallest absolute Gasteiger partial charge is 0.257 e. The maximum absolute atomic E-state index is 13.3. The number of nitrogens with zero attached hydrogens (tertiary/aromatic N) is 2. The molecule has 2 heterocycles. The fourth-order valence-corrected chi connectivity index (χ4v) is 3.28. The summed E-state index contributed by atoms with van der Waals surface area (Å²) >= 11 is 0. The van der Waals surface area contributed by atoms with Crippen LogP contribution in [-0.4, -0.2) is 21.7 Å². The van der Waals surface area contributed by atoms with E-state index in [0.717, 1.165) is 29.0 Å². The molecule has 1 aliphatic rings. The fourth-order valence-electron chi connectivity index (χ4n) is 3.28. The summed E-state index contributed by atoms with van der Waals surface area (Å²) in [5, 5.41) is 2.74. The van der Waals surface area contributed by atoms with Gasteiger partial charge in [-0.25, -0.2) is 4.39 Å². The van der Waals surface area contributed by atoms with E-state index in [-0.39, 0.29) is 11.5 Å². The highest BCUT2D eigenvalue weighted by atomic mass is 19.1. The minimum atomic E-state index is -0.582. The molecule has 0 saturated heterocycles. The number of fused-ring (bicyclic) bond motifs is 1. The van der Waals surface area contributed by atoms with Crippen LogP contribution in [0.4, 0.5) is 10.1 Å². The molecule has 0 atom stereocenters. The number of pyridine rings is 1. The van der Waals surface area contributed by atoms with Crippen LogP contribution in [0, 0.1) is 12.7 Å². The first-order valence-electron chi connectivity index (χ1n) is 8.90. The number of rotatable bonds is 3. The number of anilines is 1. The number of aryl methyl sites for hydroxylation is 1. The van der Waals surface area contributed by atoms with Crippen LogP contribution in [0.1, 0.15) is 37.4 Å². The molecule has 5 nitrogen and oxygen atoms in total. The van der Waals surface area contributed by atoms with E-state index in [1.807, 2.05) is 31.2 Å². The fraction of sp³-hybridized carbons (Fsp3) is 0.136. The van der Waals surface area contributed by atoms with Crippen molar-refractivity contribution in [2.24, 2.45) is 0 Å². The van der Waals surface area contributed by atoms with Crippen molar-refractivity contribution in [3.63, 3.8) is 0 Å². The number of hydrogen-bond donors (Lipinski definition) is 1. The molecule has 2 aromatic carbocycles. The summed E-state index contributed by atoms with van der Waals surface area (Å²) in [5.41, 5.74) is 4.22. The monoisotopic (exact) mass is 375 g/mol. The second kappa shape index (κ2) is 7.23. The lowest BCUT2D eigenvalue weighted by molar-refractivity contribution is 0.0751. The largest absolute Gasteiger partial charge is 0.330 e. The lowest BCUT2D eigenvalue weighted by Gasteiger charge is -2.17. The summed E-state index contributed by atoms with van der Waals surface area (Å²) in [4.78, 5) is 30.8. The number of carbonyl (C=O) groups is 2. The lowest BCUT2D eigenvalue weighted by atomic mass is 10.1. The molecule has 1 aromatic heterocycles. The Morgan fingerprint density at radius 2 is 1.71 bits per heavy atom. The maximum Gasteiger partial charge on any atom is 0.257 e. The van der Waals surface area contributed by atoms with E-state index in [9.17, 15) is 14.0 Å². The average molecular weight is 375 g/mol. The average Bonchev–Trinajstić information content (AvgIpc) is 3.13. The lowest BCUT2D eigenvalue weighted by Crippen LogP contribution is -2.25. The molecular formula is C22H18FN3O2. The van der Waals surface area contributed by atoms with E-state index < -0.39 is 11.7 Å². The van der Waals surface area contributed by atoms with Gasteiger partial charge in [0.15, 0.2) is 0 Å². The van der Waals surface area contributed by atoms with Crippen molar-refractivity contribution in [2.45, 2.75) is 20.0 Å². The molecule has 0 saturated carbocycles. The molecule has 6 heteroatoms. The van der Waals surface area contributed by atoms with Crippen molar-refractivity contribution >= 4 is 17.5 Å². The Morgan fingerprint density at radius 1 is 1.00 bits per heavy atom. The Hall–Kier alpha value is -3.54. The molecule has 140 valence electrons. The molecule has 1 N–H and O–H groups in total. The molecular weight excluding hydrogens is 357 g/mol. The highest BCUT2D eigenvalue weighted by Gasteiger charge is 2.24. The normalized spacial score (nSPS) is 12.6. The number of carbonyl (C=O) groups excluding carboxylic acids is 2. The van der Waals surface area contributed by atoms with E-state index in [1.165, 1.54) is 6.20 Å². The maximum atomic E-state index is 13.3. The third-order valence-corrected chi connectivity index (χ3v) is 4.83. The highest BCUT2D eigenvalue weighted by molar-refractivity contribution is 6.05. The third-order valence-electron chi connectivity index (χ3n) is 4.83. The molecule has 3 aromatic rings. The number of hydrogen-bond acceptors (Lipinski definition) is 3. The van der Waals surface area contributed by atoms with E-state index in [0.29, 0.717) is 24.3 Å². The Morgan fingerprint density at radius 3 is 2.39 bits per heavy atom. The molecule has 2 amide bonds. The predicted octanol–water partition coefficient (Wildman–Crippen LogP) is 3.94. The van der Waals surface area contributed by atoms with Crippen molar-refractivity contribution in [3.05, 3.63) is 94.6 Å². The van der Waals surface area contributed by atoms with Gasteiger partial charge in [0.2, 0.25) is 0 Å². The van der Waals surface area contributed by atoms with Crippen molar-refractivity contribution in [1.29, 1.82) is 0 Å². The summed E-state index contributed by atoms with van der Waals surface area (Å²) in [6, 6.07) is 14.3. The number of halogens is 1. The van der Waals surface area contributed by atoms with Gasteiger partial charge in [-0.1, -0.05) is 30.3 Å². The minimum absolute atomic E-state index is 0.0980. The molecule has 0 fully saturated rings. The SMILES string of the molecule is Cc1ccc(C(=O)N2Cc3ccccc3C2)cc1NC(=O)c1cncc(F)c1. The molecule has 1 aliphatic heterocycles. The standard InChI is InChI=1S/C22H18FN3O2/c1-14-6-7-15(22(28)26-12-16-4-2-3-5-17(16)13-26)9-20(14)25-21(27)18-8-19(23)11-24-10-18/h2-11H,12-13H2,1H3,(H,25,27). The van der Waals surface area contributed by atoms with Gasteiger partial charge in [0.25, 0.3) is 11.8 Å². The van der Waals surface area contributed by atoms with Crippen LogP contribution in [0.25, 0.3) is 0 Å². The minimum Gasteiger partial charge on any atom is -0.330 e. The van der Waals surface area contributed by atoms with Gasteiger partial charge in [-0.2, -0.15) is 0 Å². The number of aromatic nitrogens is 1. The van der Waals surface area contributed by atoms with Gasteiger partial charge in [0, 0.05) is 30.5 Å². The number of benzene rings is 2. The first-order valence-corrected chi connectivity index (χ1v) is 8.90. The van der Waals surface area contributed by atoms with Gasteiger partial charge in [-0.3, -0.25) is 14.6 Å². The molecule has 28 heavy (non-hydrogen) atoms. The van der Waals surface area contributed by atoms with Crippen LogP contribution >= 0.6 is 0 Å². The predicted molar refractivity (Wildman–Crippen MR) is 103 cm³/mol. The molecule has 4 rings (SSSR count). The van der Waals surface area contributed by atoms with Gasteiger partial charge in [-0.15, -0.1) is 0 Å². The van der Waals surface area contributed by atoms with E-state index in [2.05, 4.69) is 10.3 Å². The number of nitrogens with one attached hydrogen (secondary N) is 1. The van der Waals surface area contributed by atoms with Crippen LogP contribution in [0.15, 0.2) is 60.9 Å². The summed E-state index contributed by atoms with van der Waals surface area (Å²) in [6.07, 6.45) is 2.33. The van der Waals surface area contributed by atoms with E-state index in [1.54, 1.807) is 23.1 Å². The van der Waals surface area contributed by atoms with Crippen LogP contribution in [0.2, 0.25) is 0 Å². The van der Waals surface area contributed by atoms with Crippen molar-refractivity contribution in [1.82, 2.24) is 9.88 Å². The highest BCUT2D eigenvalue weighted by Crippen LogP contribution is 2.25. The van der Waals surface area contributed by atoms with Gasteiger partial charge < -0.3 is 10.2 Å². The zero-order chi connectivity index (χ0) is 19.7. The van der Waals surface area contributed by atoms with Crippen molar-refractivity contribution in [3.8, 4) is 0 Å². The Balaban J connectivity index is 1.54. The van der Waals surface area contributed by atoms with Crippen LogP contribution in [0.3, 0.4) is 0 Å². The van der Waals surface area contributed by atoms with Crippen LogP contribution in [-0.2, 0) is 13.1 Å². The van der Waals surface area contributed by atoms with Crippen molar-refractivity contribution < 1.29 is 14.0 Å². The first-order chi connectivity index (χ1) is 13.5. The molecule has 0 radical (unpaired) electrons. The summed E-state index contributed by atoms with van der Waals surface area (Å²) in [5.74, 6) is -1.16. The van der Waals surface area contributed by atoms with Crippen LogP contribution < -0.4 is 5.32 Å². The molecule has 0 bridgehead atoms. The Labute approximate surface area is 161 Å². The molecule has 0 spiro atoms. The van der Waals surface area contributed by atoms with E-state index >= 15 is 0 Å². The van der Waals surface area contributed by atoms with Gasteiger partial charge in [0.1, 0.15) is 5.82 Å². The molecule has 0 aliphatic carbocycles. The zero-order valence-corrected chi connectivity index (χ0v) is 15.3. The Kier molecular flexibility index (Phi) is 4.61. The summed E-state index contributed by atoms with van der Waals surface area (Å²) in [7, 11) is 0. The van der Waals surface area contributed by atoms with Crippen molar-refractivity contribution in [2.75, 3.05) is 5.32 Å². The van der Waals surface area contributed by atoms with E-state index in [4.69, 9.17) is 0 Å². The summed E-state index contributed by atoms with van der Waals surface area (Å²) in [6.45, 7) is 2.97. The molecule has 0 unspecified atom stereocenters. The Bertz CT molecular complexity index is 1060. The van der Waals surface area contributed by atoms with Crippen LogP contribution in [0.5, 0.6) is 0 Å². The van der Waals surface area contributed by atoms with Gasteiger partial charge >= 0.3 is 0 Å². The summed E-state index contributed by atoms with van der Waals surface area (Å²) < 4.78 is 13.3. The van der Waals surface area contributed by atoms with Gasteiger partial charge in [-0.05, 0) is 41.8 Å². The topological polar surface area (TPSA) is 62.3 Å². The zero-order valence-electron chi connectivity index (χ0n) is 15.3. The second-order valence-corrected chi connectivity index (χ2v) is 6.81.